The lowest BCUT2D eigenvalue weighted by Gasteiger charge is -2.16. The first-order chi connectivity index (χ1) is 9.06. The highest BCUT2D eigenvalue weighted by molar-refractivity contribution is 7.80. The molecule has 2 aromatic rings. The van der Waals surface area contributed by atoms with Gasteiger partial charge in [-0.2, -0.15) is 5.10 Å². The molecule has 0 amide bonds. The van der Waals surface area contributed by atoms with Gasteiger partial charge in [-0.15, -0.1) is 0 Å². The molecule has 1 aromatic carbocycles. The van der Waals surface area contributed by atoms with E-state index in [0.717, 1.165) is 12.2 Å². The van der Waals surface area contributed by atoms with Crippen LogP contribution in [0.5, 0.6) is 0 Å². The molecule has 1 heterocycles. The van der Waals surface area contributed by atoms with E-state index in [0.29, 0.717) is 15.6 Å². The second-order valence-electron chi connectivity index (χ2n) is 4.33. The molecule has 1 atom stereocenters. The van der Waals surface area contributed by atoms with Crippen molar-refractivity contribution >= 4 is 34.5 Å². The highest BCUT2D eigenvalue weighted by atomic mass is 35.5. The standard InChI is InChI=1S/C13H15ClN4S/c1-9(8-18-6-2-5-16-18)17-10-3-4-11(13(15)19)12(14)7-10/h2-7,9,17H,8H2,1H3,(H2,15,19). The molecule has 19 heavy (non-hydrogen) atoms. The molecule has 0 aliphatic heterocycles. The Morgan fingerprint density at radius 3 is 2.95 bits per heavy atom. The monoisotopic (exact) mass is 294 g/mol. The van der Waals surface area contributed by atoms with Crippen molar-refractivity contribution in [2.45, 2.75) is 19.5 Å². The third-order valence-corrected chi connectivity index (χ3v) is 3.20. The minimum absolute atomic E-state index is 0.228. The van der Waals surface area contributed by atoms with Crippen molar-refractivity contribution in [2.24, 2.45) is 5.73 Å². The Kier molecular flexibility index (Phi) is 4.39. The molecule has 0 aliphatic rings. The van der Waals surface area contributed by atoms with Crippen LogP contribution in [-0.4, -0.2) is 20.8 Å². The number of hydrogen-bond acceptors (Lipinski definition) is 3. The van der Waals surface area contributed by atoms with E-state index in [9.17, 15) is 0 Å². The number of anilines is 1. The molecule has 0 saturated carbocycles. The molecule has 0 aliphatic carbocycles. The Bertz CT molecular complexity index is 568. The lowest BCUT2D eigenvalue weighted by atomic mass is 10.2. The maximum absolute atomic E-state index is 6.13. The van der Waals surface area contributed by atoms with Gasteiger partial charge in [-0.1, -0.05) is 23.8 Å². The van der Waals surface area contributed by atoms with Gasteiger partial charge in [0.25, 0.3) is 0 Å². The minimum Gasteiger partial charge on any atom is -0.389 e. The van der Waals surface area contributed by atoms with E-state index in [1.165, 1.54) is 0 Å². The van der Waals surface area contributed by atoms with E-state index < -0.39 is 0 Å². The molecule has 3 N–H and O–H groups in total. The first kappa shape index (κ1) is 13.8. The maximum atomic E-state index is 6.13. The summed E-state index contributed by atoms with van der Waals surface area (Å²) in [5.74, 6) is 0. The number of halogens is 1. The Labute approximate surface area is 122 Å². The van der Waals surface area contributed by atoms with Crippen LogP contribution in [0.4, 0.5) is 5.69 Å². The van der Waals surface area contributed by atoms with Gasteiger partial charge >= 0.3 is 0 Å². The summed E-state index contributed by atoms with van der Waals surface area (Å²) < 4.78 is 1.88. The number of benzene rings is 1. The minimum atomic E-state index is 0.228. The van der Waals surface area contributed by atoms with Gasteiger partial charge in [0.1, 0.15) is 4.99 Å². The fourth-order valence-electron chi connectivity index (χ4n) is 1.82. The normalized spacial score (nSPS) is 12.1. The molecule has 0 radical (unpaired) electrons. The van der Waals surface area contributed by atoms with Crippen LogP contribution in [0.2, 0.25) is 5.02 Å². The molecule has 4 nitrogen and oxygen atoms in total. The second-order valence-corrected chi connectivity index (χ2v) is 5.18. The average Bonchev–Trinajstić information content (AvgIpc) is 2.81. The third kappa shape index (κ3) is 3.68. The Morgan fingerprint density at radius 1 is 1.58 bits per heavy atom. The summed E-state index contributed by atoms with van der Waals surface area (Å²) in [7, 11) is 0. The van der Waals surface area contributed by atoms with E-state index >= 15 is 0 Å². The molecule has 1 unspecified atom stereocenters. The summed E-state index contributed by atoms with van der Waals surface area (Å²) in [5.41, 5.74) is 7.20. The van der Waals surface area contributed by atoms with E-state index in [4.69, 9.17) is 29.6 Å². The fourth-order valence-corrected chi connectivity index (χ4v) is 2.34. The van der Waals surface area contributed by atoms with E-state index in [2.05, 4.69) is 17.3 Å². The highest BCUT2D eigenvalue weighted by Crippen LogP contribution is 2.21. The van der Waals surface area contributed by atoms with E-state index in [1.807, 2.05) is 35.1 Å². The van der Waals surface area contributed by atoms with Gasteiger partial charge in [-0.25, -0.2) is 0 Å². The predicted molar refractivity (Wildman–Crippen MR) is 82.7 cm³/mol. The summed E-state index contributed by atoms with van der Waals surface area (Å²) in [6.45, 7) is 2.86. The zero-order valence-corrected chi connectivity index (χ0v) is 12.1. The number of hydrogen-bond donors (Lipinski definition) is 2. The van der Waals surface area contributed by atoms with Crippen LogP contribution in [0, 0.1) is 0 Å². The van der Waals surface area contributed by atoms with Crippen molar-refractivity contribution in [1.82, 2.24) is 9.78 Å². The summed E-state index contributed by atoms with van der Waals surface area (Å²) in [6.07, 6.45) is 3.70. The molecule has 100 valence electrons. The molecule has 0 spiro atoms. The predicted octanol–water partition coefficient (Wildman–Crippen LogP) is 2.67. The molecule has 6 heteroatoms. The largest absolute Gasteiger partial charge is 0.389 e. The van der Waals surface area contributed by atoms with Crippen molar-refractivity contribution in [3.63, 3.8) is 0 Å². The van der Waals surface area contributed by atoms with Crippen LogP contribution in [0.25, 0.3) is 0 Å². The van der Waals surface area contributed by atoms with Crippen LogP contribution in [0.15, 0.2) is 36.7 Å². The molecule has 0 fully saturated rings. The SMILES string of the molecule is CC(Cn1cccn1)Nc1ccc(C(N)=S)c(Cl)c1. The molecule has 1 aromatic heterocycles. The van der Waals surface area contributed by atoms with Gasteiger partial charge in [-0.3, -0.25) is 4.68 Å². The van der Waals surface area contributed by atoms with Crippen molar-refractivity contribution in [3.05, 3.63) is 47.2 Å². The number of thiocarbonyl (C=S) groups is 1. The van der Waals surface area contributed by atoms with Crippen LogP contribution in [0.3, 0.4) is 0 Å². The smallest absolute Gasteiger partial charge is 0.105 e. The van der Waals surface area contributed by atoms with Gasteiger partial charge in [-0.05, 0) is 31.2 Å². The first-order valence-electron chi connectivity index (χ1n) is 5.89. The Balaban J connectivity index is 2.03. The van der Waals surface area contributed by atoms with Crippen molar-refractivity contribution in [1.29, 1.82) is 0 Å². The van der Waals surface area contributed by atoms with Crippen molar-refractivity contribution < 1.29 is 0 Å². The lowest BCUT2D eigenvalue weighted by molar-refractivity contribution is 0.561. The molecular weight excluding hydrogens is 280 g/mol. The van der Waals surface area contributed by atoms with Crippen LogP contribution in [-0.2, 0) is 6.54 Å². The zero-order chi connectivity index (χ0) is 13.8. The summed E-state index contributed by atoms with van der Waals surface area (Å²) >= 11 is 11.0. The second kappa shape index (κ2) is 6.04. The molecular formula is C13H15ClN4S. The van der Waals surface area contributed by atoms with Crippen LogP contribution < -0.4 is 11.1 Å². The average molecular weight is 295 g/mol. The maximum Gasteiger partial charge on any atom is 0.105 e. The summed E-state index contributed by atoms with van der Waals surface area (Å²) in [5, 5.41) is 8.09. The Hall–Kier alpha value is -1.59. The van der Waals surface area contributed by atoms with Gasteiger partial charge < -0.3 is 11.1 Å². The number of aromatic nitrogens is 2. The quantitative estimate of drug-likeness (QED) is 0.833. The van der Waals surface area contributed by atoms with Gasteiger partial charge in [0.15, 0.2) is 0 Å². The van der Waals surface area contributed by atoms with Crippen molar-refractivity contribution in [2.75, 3.05) is 5.32 Å². The zero-order valence-electron chi connectivity index (χ0n) is 10.5. The molecule has 0 bridgehead atoms. The van der Waals surface area contributed by atoms with Crippen LogP contribution >= 0.6 is 23.8 Å². The van der Waals surface area contributed by atoms with E-state index in [1.54, 1.807) is 6.20 Å². The highest BCUT2D eigenvalue weighted by Gasteiger charge is 2.07. The van der Waals surface area contributed by atoms with Gasteiger partial charge in [0.05, 0.1) is 11.6 Å². The number of nitrogens with one attached hydrogen (secondary N) is 1. The third-order valence-electron chi connectivity index (χ3n) is 2.67. The topological polar surface area (TPSA) is 55.9 Å². The number of nitrogens with zero attached hydrogens (tertiary/aromatic N) is 2. The molecule has 0 saturated heterocycles. The van der Waals surface area contributed by atoms with Crippen molar-refractivity contribution in [3.8, 4) is 0 Å². The van der Waals surface area contributed by atoms with E-state index in [-0.39, 0.29) is 6.04 Å². The summed E-state index contributed by atoms with van der Waals surface area (Å²) in [6, 6.07) is 7.70. The lowest BCUT2D eigenvalue weighted by Crippen LogP contribution is -2.22. The summed E-state index contributed by atoms with van der Waals surface area (Å²) in [4.78, 5) is 0.307. The Morgan fingerprint density at radius 2 is 2.37 bits per heavy atom. The van der Waals surface area contributed by atoms with Crippen LogP contribution in [0.1, 0.15) is 12.5 Å². The first-order valence-corrected chi connectivity index (χ1v) is 6.68. The number of rotatable bonds is 5. The fraction of sp³-hybridized carbons (Fsp3) is 0.231. The molecule has 2 rings (SSSR count). The van der Waals surface area contributed by atoms with Gasteiger partial charge in [0, 0.05) is 29.7 Å². The number of nitrogens with two attached hydrogens (primary N) is 1. The van der Waals surface area contributed by atoms with Gasteiger partial charge in [0.2, 0.25) is 0 Å².